The number of amides is 2. The van der Waals surface area contributed by atoms with Crippen molar-refractivity contribution in [2.45, 2.75) is 45.3 Å². The van der Waals surface area contributed by atoms with Crippen LogP contribution in [0.2, 0.25) is 0 Å². The van der Waals surface area contributed by atoms with Crippen molar-refractivity contribution in [3.8, 4) is 0 Å². The first-order valence-corrected chi connectivity index (χ1v) is 12.4. The van der Waals surface area contributed by atoms with Gasteiger partial charge in [-0.15, -0.1) is 0 Å². The number of carbonyl (C=O) groups is 2. The Balaban J connectivity index is 1.33. The molecule has 0 radical (unpaired) electrons. The lowest BCUT2D eigenvalue weighted by molar-refractivity contribution is 0.0105. The molecule has 0 aliphatic carbocycles. The van der Waals surface area contributed by atoms with E-state index in [9.17, 15) is 14.0 Å². The molecule has 3 aromatic rings. The van der Waals surface area contributed by atoms with Crippen molar-refractivity contribution in [3.05, 3.63) is 71.7 Å². The van der Waals surface area contributed by atoms with Gasteiger partial charge in [0.1, 0.15) is 11.4 Å². The second-order valence-corrected chi connectivity index (χ2v) is 10.3. The standard InChI is InChI=1S/C28H34FN3O4/c1-28(2,3)36-27(34)32-14-11-19(12-15-32)17-35-18-25(20-6-8-23(29)9-7-20)31-26(33)22-5-4-21-10-13-30-24(21)16-22/h4-10,13,16,19,25,30H,11-12,14-15,17-18H2,1-3H3,(H,31,33). The molecule has 192 valence electrons. The lowest BCUT2D eigenvalue weighted by atomic mass is 9.98. The number of piperidine rings is 1. The second kappa shape index (κ2) is 11.1. The van der Waals surface area contributed by atoms with Gasteiger partial charge in [-0.05, 0) is 80.8 Å². The highest BCUT2D eigenvalue weighted by molar-refractivity contribution is 5.98. The third-order valence-electron chi connectivity index (χ3n) is 6.30. The number of rotatable bonds is 7. The summed E-state index contributed by atoms with van der Waals surface area (Å²) in [6.45, 7) is 7.61. The van der Waals surface area contributed by atoms with Crippen molar-refractivity contribution in [2.24, 2.45) is 5.92 Å². The maximum absolute atomic E-state index is 13.5. The van der Waals surface area contributed by atoms with E-state index in [0.29, 0.717) is 31.2 Å². The smallest absolute Gasteiger partial charge is 0.410 e. The van der Waals surface area contributed by atoms with Gasteiger partial charge in [-0.2, -0.15) is 0 Å². The van der Waals surface area contributed by atoms with Crippen molar-refractivity contribution < 1.29 is 23.5 Å². The summed E-state index contributed by atoms with van der Waals surface area (Å²) < 4.78 is 25.0. The normalized spacial score (nSPS) is 15.6. The van der Waals surface area contributed by atoms with Gasteiger partial charge in [0, 0.05) is 37.0 Å². The van der Waals surface area contributed by atoms with Gasteiger partial charge in [-0.3, -0.25) is 4.79 Å². The predicted octanol–water partition coefficient (Wildman–Crippen LogP) is 5.44. The van der Waals surface area contributed by atoms with E-state index >= 15 is 0 Å². The highest BCUT2D eigenvalue weighted by Crippen LogP contribution is 2.22. The quantitative estimate of drug-likeness (QED) is 0.457. The van der Waals surface area contributed by atoms with E-state index in [-0.39, 0.29) is 24.4 Å². The largest absolute Gasteiger partial charge is 0.444 e. The summed E-state index contributed by atoms with van der Waals surface area (Å²) in [5.41, 5.74) is 1.68. The molecule has 2 N–H and O–H groups in total. The highest BCUT2D eigenvalue weighted by Gasteiger charge is 2.27. The summed E-state index contributed by atoms with van der Waals surface area (Å²) in [5, 5.41) is 4.07. The van der Waals surface area contributed by atoms with Crippen LogP contribution in [-0.2, 0) is 9.47 Å². The molecular formula is C28H34FN3O4. The fourth-order valence-electron chi connectivity index (χ4n) is 4.31. The molecule has 1 saturated heterocycles. The number of benzene rings is 2. The number of aromatic nitrogens is 1. The lowest BCUT2D eigenvalue weighted by Gasteiger charge is -2.33. The van der Waals surface area contributed by atoms with Crippen molar-refractivity contribution in [2.75, 3.05) is 26.3 Å². The van der Waals surface area contributed by atoms with E-state index in [1.165, 1.54) is 12.1 Å². The van der Waals surface area contributed by atoms with Crippen molar-refractivity contribution in [1.82, 2.24) is 15.2 Å². The molecule has 1 aliphatic heterocycles. The van der Waals surface area contributed by atoms with Crippen LogP contribution in [0.25, 0.3) is 10.9 Å². The van der Waals surface area contributed by atoms with Gasteiger partial charge in [0.15, 0.2) is 0 Å². The summed E-state index contributed by atoms with van der Waals surface area (Å²) in [5.74, 6) is -0.252. The van der Waals surface area contributed by atoms with Gasteiger partial charge in [0.05, 0.1) is 12.6 Å². The predicted molar refractivity (Wildman–Crippen MR) is 136 cm³/mol. The third-order valence-corrected chi connectivity index (χ3v) is 6.30. The molecule has 36 heavy (non-hydrogen) atoms. The molecule has 2 heterocycles. The summed E-state index contributed by atoms with van der Waals surface area (Å²) in [6, 6.07) is 13.1. The van der Waals surface area contributed by atoms with E-state index in [2.05, 4.69) is 10.3 Å². The number of hydrogen-bond donors (Lipinski definition) is 2. The Morgan fingerprint density at radius 1 is 1.11 bits per heavy atom. The number of likely N-dealkylation sites (tertiary alicyclic amines) is 1. The molecule has 2 aromatic carbocycles. The van der Waals surface area contributed by atoms with Gasteiger partial charge < -0.3 is 24.7 Å². The monoisotopic (exact) mass is 495 g/mol. The minimum absolute atomic E-state index is 0.227. The van der Waals surface area contributed by atoms with Crippen LogP contribution in [0.5, 0.6) is 0 Å². The van der Waals surface area contributed by atoms with Crippen LogP contribution in [-0.4, -0.2) is 53.8 Å². The van der Waals surface area contributed by atoms with Crippen LogP contribution in [0.3, 0.4) is 0 Å². The van der Waals surface area contributed by atoms with Crippen molar-refractivity contribution >= 4 is 22.9 Å². The zero-order valence-electron chi connectivity index (χ0n) is 21.1. The minimum Gasteiger partial charge on any atom is -0.444 e. The first-order chi connectivity index (χ1) is 17.2. The first kappa shape index (κ1) is 25.7. The van der Waals surface area contributed by atoms with Crippen LogP contribution in [0, 0.1) is 11.7 Å². The zero-order valence-corrected chi connectivity index (χ0v) is 21.1. The molecule has 1 unspecified atom stereocenters. The minimum atomic E-state index is -0.510. The topological polar surface area (TPSA) is 83.7 Å². The molecule has 1 aliphatic rings. The summed E-state index contributed by atoms with van der Waals surface area (Å²) >= 11 is 0. The van der Waals surface area contributed by atoms with E-state index < -0.39 is 11.6 Å². The molecule has 0 bridgehead atoms. The van der Waals surface area contributed by atoms with Crippen LogP contribution >= 0.6 is 0 Å². The fourth-order valence-corrected chi connectivity index (χ4v) is 4.31. The average Bonchev–Trinajstić information content (AvgIpc) is 3.31. The molecule has 7 nitrogen and oxygen atoms in total. The van der Waals surface area contributed by atoms with Crippen LogP contribution in [0.4, 0.5) is 9.18 Å². The second-order valence-electron chi connectivity index (χ2n) is 10.3. The van der Waals surface area contributed by atoms with E-state index in [4.69, 9.17) is 9.47 Å². The Morgan fingerprint density at radius 2 is 1.83 bits per heavy atom. The zero-order chi connectivity index (χ0) is 25.7. The van der Waals surface area contributed by atoms with Crippen LogP contribution in [0.15, 0.2) is 54.7 Å². The molecule has 2 amide bonds. The molecular weight excluding hydrogens is 461 g/mol. The lowest BCUT2D eigenvalue weighted by Crippen LogP contribution is -2.42. The number of nitrogens with one attached hydrogen (secondary N) is 2. The molecule has 8 heteroatoms. The molecule has 0 saturated carbocycles. The number of nitrogens with zero attached hydrogens (tertiary/aromatic N) is 1. The Hall–Kier alpha value is -3.39. The summed E-state index contributed by atoms with van der Waals surface area (Å²) in [7, 11) is 0. The van der Waals surface area contributed by atoms with Crippen molar-refractivity contribution in [3.63, 3.8) is 0 Å². The number of H-pyrrole nitrogens is 1. The Bertz CT molecular complexity index is 1180. The number of fused-ring (bicyclic) bond motifs is 1. The van der Waals surface area contributed by atoms with E-state index in [1.54, 1.807) is 23.1 Å². The Kier molecular flexibility index (Phi) is 7.94. The van der Waals surface area contributed by atoms with Crippen molar-refractivity contribution in [1.29, 1.82) is 0 Å². The number of carbonyl (C=O) groups excluding carboxylic acids is 2. The molecule has 1 aromatic heterocycles. The summed E-state index contributed by atoms with van der Waals surface area (Å²) in [4.78, 5) is 30.2. The third kappa shape index (κ3) is 6.85. The Morgan fingerprint density at radius 3 is 2.53 bits per heavy atom. The highest BCUT2D eigenvalue weighted by atomic mass is 19.1. The SMILES string of the molecule is CC(C)(C)OC(=O)N1CCC(COCC(NC(=O)c2ccc3cc[nH]c3c2)c2ccc(F)cc2)CC1. The van der Waals surface area contributed by atoms with Crippen LogP contribution in [0.1, 0.15) is 55.6 Å². The number of aromatic amines is 1. The molecule has 0 spiro atoms. The molecule has 1 fully saturated rings. The maximum atomic E-state index is 13.5. The number of halogens is 1. The van der Waals surface area contributed by atoms with Gasteiger partial charge in [0.2, 0.25) is 0 Å². The van der Waals surface area contributed by atoms with Gasteiger partial charge >= 0.3 is 6.09 Å². The maximum Gasteiger partial charge on any atom is 0.410 e. The van der Waals surface area contributed by atoms with E-state index in [0.717, 1.165) is 29.3 Å². The number of hydrogen-bond acceptors (Lipinski definition) is 4. The van der Waals surface area contributed by atoms with Crippen LogP contribution < -0.4 is 5.32 Å². The van der Waals surface area contributed by atoms with Gasteiger partial charge in [-0.1, -0.05) is 18.2 Å². The average molecular weight is 496 g/mol. The molecule has 1 atom stereocenters. The fraction of sp³-hybridized carbons (Fsp3) is 0.429. The van der Waals surface area contributed by atoms with Gasteiger partial charge in [0.25, 0.3) is 5.91 Å². The molecule has 4 rings (SSSR count). The number of ether oxygens (including phenoxy) is 2. The Labute approximate surface area is 211 Å². The summed E-state index contributed by atoms with van der Waals surface area (Å²) in [6.07, 6.45) is 3.20. The first-order valence-electron chi connectivity index (χ1n) is 12.4. The van der Waals surface area contributed by atoms with Gasteiger partial charge in [-0.25, -0.2) is 9.18 Å². The van der Waals surface area contributed by atoms with E-state index in [1.807, 2.05) is 45.2 Å².